The Balaban J connectivity index is 1.90. The van der Waals surface area contributed by atoms with Crippen molar-refractivity contribution in [3.8, 4) is 0 Å². The first-order chi connectivity index (χ1) is 7.72. The van der Waals surface area contributed by atoms with Crippen molar-refractivity contribution < 1.29 is 9.90 Å². The van der Waals surface area contributed by atoms with Crippen LogP contribution in [-0.4, -0.2) is 35.1 Å². The van der Waals surface area contributed by atoms with Crippen LogP contribution in [0.2, 0.25) is 0 Å². The lowest BCUT2D eigenvalue weighted by molar-refractivity contribution is -0.143. The minimum Gasteiger partial charge on any atom is -0.481 e. The van der Waals surface area contributed by atoms with Crippen LogP contribution in [0.4, 0.5) is 0 Å². The number of likely N-dealkylation sites (tertiary alicyclic amines) is 1. The van der Waals surface area contributed by atoms with Crippen molar-refractivity contribution in [3.05, 3.63) is 0 Å². The molecule has 0 aromatic carbocycles. The summed E-state index contributed by atoms with van der Waals surface area (Å²) in [5.74, 6) is 0.141. The highest BCUT2D eigenvalue weighted by atomic mass is 16.4. The lowest BCUT2D eigenvalue weighted by Gasteiger charge is -2.27. The summed E-state index contributed by atoms with van der Waals surface area (Å²) in [6.45, 7) is 4.50. The summed E-state index contributed by atoms with van der Waals surface area (Å²) in [7, 11) is 0. The Morgan fingerprint density at radius 3 is 2.88 bits per heavy atom. The second kappa shape index (κ2) is 5.17. The molecule has 1 heterocycles. The molecule has 2 aliphatic rings. The maximum Gasteiger partial charge on any atom is 0.308 e. The highest BCUT2D eigenvalue weighted by molar-refractivity contribution is 5.71. The molecule has 2 rings (SSSR count). The van der Waals surface area contributed by atoms with Crippen LogP contribution < -0.4 is 0 Å². The van der Waals surface area contributed by atoms with E-state index in [0.717, 1.165) is 38.3 Å². The van der Waals surface area contributed by atoms with E-state index in [4.69, 9.17) is 0 Å². The van der Waals surface area contributed by atoms with E-state index in [1.165, 1.54) is 19.3 Å². The molecule has 1 aliphatic heterocycles. The van der Waals surface area contributed by atoms with E-state index in [1.807, 2.05) is 0 Å². The average molecular weight is 225 g/mol. The van der Waals surface area contributed by atoms with Gasteiger partial charge in [-0.2, -0.15) is 0 Å². The minimum absolute atomic E-state index is 0.0969. The van der Waals surface area contributed by atoms with Crippen molar-refractivity contribution >= 4 is 5.97 Å². The Bertz CT molecular complexity index is 254. The van der Waals surface area contributed by atoms with Gasteiger partial charge in [0.05, 0.1) is 5.92 Å². The SMILES string of the molecule is CCCC1CCN(C2CCCC2C(=O)O)C1. The standard InChI is InChI=1S/C13H23NO2/c1-2-4-10-7-8-14(9-10)12-6-3-5-11(12)13(15)16/h10-12H,2-9H2,1H3,(H,15,16). The van der Waals surface area contributed by atoms with Crippen molar-refractivity contribution in [1.29, 1.82) is 0 Å². The molecule has 3 atom stereocenters. The van der Waals surface area contributed by atoms with Crippen LogP contribution in [-0.2, 0) is 4.79 Å². The van der Waals surface area contributed by atoms with Gasteiger partial charge in [-0.1, -0.05) is 19.8 Å². The van der Waals surface area contributed by atoms with Crippen molar-refractivity contribution in [2.24, 2.45) is 11.8 Å². The fraction of sp³-hybridized carbons (Fsp3) is 0.923. The van der Waals surface area contributed by atoms with E-state index >= 15 is 0 Å². The number of carboxylic acid groups (broad SMARTS) is 1. The molecule has 92 valence electrons. The summed E-state index contributed by atoms with van der Waals surface area (Å²) in [6.07, 6.45) is 6.91. The van der Waals surface area contributed by atoms with Crippen LogP contribution in [0.3, 0.4) is 0 Å². The molecule has 3 nitrogen and oxygen atoms in total. The molecule has 0 radical (unpaired) electrons. The summed E-state index contributed by atoms with van der Waals surface area (Å²) in [5, 5.41) is 9.19. The number of nitrogens with zero attached hydrogens (tertiary/aromatic N) is 1. The van der Waals surface area contributed by atoms with Gasteiger partial charge in [-0.3, -0.25) is 9.69 Å². The summed E-state index contributed by atoms with van der Waals surface area (Å²) in [5.41, 5.74) is 0. The molecule has 0 bridgehead atoms. The van der Waals surface area contributed by atoms with Gasteiger partial charge in [0.1, 0.15) is 0 Å². The summed E-state index contributed by atoms with van der Waals surface area (Å²) >= 11 is 0. The van der Waals surface area contributed by atoms with Gasteiger partial charge < -0.3 is 5.11 Å². The highest BCUT2D eigenvalue weighted by Crippen LogP contribution is 2.34. The number of carboxylic acids is 1. The Morgan fingerprint density at radius 2 is 2.19 bits per heavy atom. The zero-order chi connectivity index (χ0) is 11.5. The Hall–Kier alpha value is -0.570. The Labute approximate surface area is 97.8 Å². The molecule has 1 aliphatic carbocycles. The second-order valence-corrected chi connectivity index (χ2v) is 5.38. The zero-order valence-corrected chi connectivity index (χ0v) is 10.2. The van der Waals surface area contributed by atoms with Gasteiger partial charge in [0.2, 0.25) is 0 Å². The van der Waals surface area contributed by atoms with Gasteiger partial charge in [-0.15, -0.1) is 0 Å². The molecule has 16 heavy (non-hydrogen) atoms. The predicted octanol–water partition coefficient (Wildman–Crippen LogP) is 2.36. The number of hydrogen-bond acceptors (Lipinski definition) is 2. The third kappa shape index (κ3) is 2.40. The van der Waals surface area contributed by atoms with E-state index < -0.39 is 5.97 Å². The second-order valence-electron chi connectivity index (χ2n) is 5.38. The number of hydrogen-bond donors (Lipinski definition) is 1. The van der Waals surface area contributed by atoms with Crippen LogP contribution in [0, 0.1) is 11.8 Å². The topological polar surface area (TPSA) is 40.5 Å². The van der Waals surface area contributed by atoms with Gasteiger partial charge in [0.25, 0.3) is 0 Å². The largest absolute Gasteiger partial charge is 0.481 e. The molecular weight excluding hydrogens is 202 g/mol. The normalized spacial score (nSPS) is 35.7. The number of aliphatic carboxylic acids is 1. The van der Waals surface area contributed by atoms with E-state index in [0.29, 0.717) is 6.04 Å². The molecule has 1 saturated carbocycles. The molecule has 3 heteroatoms. The minimum atomic E-state index is -0.582. The van der Waals surface area contributed by atoms with E-state index in [1.54, 1.807) is 0 Å². The fourth-order valence-corrected chi connectivity index (χ4v) is 3.47. The molecule has 0 aromatic heterocycles. The summed E-state index contributed by atoms with van der Waals surface area (Å²) in [6, 6.07) is 0.333. The average Bonchev–Trinajstić information content (AvgIpc) is 2.83. The van der Waals surface area contributed by atoms with Gasteiger partial charge >= 0.3 is 5.97 Å². The van der Waals surface area contributed by atoms with Crippen LogP contribution >= 0.6 is 0 Å². The van der Waals surface area contributed by atoms with Crippen LogP contribution in [0.15, 0.2) is 0 Å². The van der Waals surface area contributed by atoms with Crippen LogP contribution in [0.5, 0.6) is 0 Å². The highest BCUT2D eigenvalue weighted by Gasteiger charge is 2.39. The van der Waals surface area contributed by atoms with Gasteiger partial charge in [-0.05, 0) is 38.1 Å². The molecule has 0 aromatic rings. The Morgan fingerprint density at radius 1 is 1.38 bits per heavy atom. The van der Waals surface area contributed by atoms with Crippen LogP contribution in [0.1, 0.15) is 45.4 Å². The third-order valence-corrected chi connectivity index (χ3v) is 4.28. The predicted molar refractivity (Wildman–Crippen MR) is 63.4 cm³/mol. The first kappa shape index (κ1) is 11.9. The van der Waals surface area contributed by atoms with Crippen molar-refractivity contribution in [3.63, 3.8) is 0 Å². The molecule has 3 unspecified atom stereocenters. The monoisotopic (exact) mass is 225 g/mol. The van der Waals surface area contributed by atoms with E-state index in [2.05, 4.69) is 11.8 Å². The molecule has 0 spiro atoms. The molecule has 1 saturated heterocycles. The van der Waals surface area contributed by atoms with Gasteiger partial charge in [-0.25, -0.2) is 0 Å². The Kier molecular flexibility index (Phi) is 3.85. The first-order valence-corrected chi connectivity index (χ1v) is 6.69. The maximum atomic E-state index is 11.1. The fourth-order valence-electron chi connectivity index (χ4n) is 3.47. The molecule has 0 amide bonds. The summed E-state index contributed by atoms with van der Waals surface area (Å²) < 4.78 is 0. The lowest BCUT2D eigenvalue weighted by Crippen LogP contribution is -2.39. The third-order valence-electron chi connectivity index (χ3n) is 4.28. The van der Waals surface area contributed by atoms with E-state index in [9.17, 15) is 9.90 Å². The van der Waals surface area contributed by atoms with Crippen molar-refractivity contribution in [2.45, 2.75) is 51.5 Å². The molecular formula is C13H23NO2. The maximum absolute atomic E-state index is 11.1. The number of carbonyl (C=O) groups is 1. The quantitative estimate of drug-likeness (QED) is 0.798. The van der Waals surface area contributed by atoms with Crippen molar-refractivity contribution in [2.75, 3.05) is 13.1 Å². The number of rotatable bonds is 4. The van der Waals surface area contributed by atoms with Gasteiger partial charge in [0.15, 0.2) is 0 Å². The van der Waals surface area contributed by atoms with Crippen LogP contribution in [0.25, 0.3) is 0 Å². The van der Waals surface area contributed by atoms with E-state index in [-0.39, 0.29) is 5.92 Å². The van der Waals surface area contributed by atoms with Gasteiger partial charge in [0, 0.05) is 12.6 Å². The van der Waals surface area contributed by atoms with Crippen molar-refractivity contribution in [1.82, 2.24) is 4.90 Å². The zero-order valence-electron chi connectivity index (χ0n) is 10.2. The smallest absolute Gasteiger partial charge is 0.308 e. The lowest BCUT2D eigenvalue weighted by atomic mass is 10.0. The molecule has 2 fully saturated rings. The first-order valence-electron chi connectivity index (χ1n) is 6.69. The molecule has 1 N–H and O–H groups in total. The summed E-state index contributed by atoms with van der Waals surface area (Å²) in [4.78, 5) is 13.6.